The number of benzene rings is 1. The molecule has 0 N–H and O–H groups in total. The zero-order valence-electron chi connectivity index (χ0n) is 15.5. The second-order valence-corrected chi connectivity index (χ2v) is 8.91. The molecular formula is C19H25N3O3S. The van der Waals surface area contributed by atoms with Crippen molar-refractivity contribution in [2.75, 3.05) is 6.54 Å². The minimum absolute atomic E-state index is 0.146. The fraction of sp³-hybridized carbons (Fsp3) is 0.474. The number of hydrogen-bond acceptors (Lipinski definition) is 4. The van der Waals surface area contributed by atoms with Crippen LogP contribution in [0.3, 0.4) is 0 Å². The van der Waals surface area contributed by atoms with Gasteiger partial charge in [0.05, 0.1) is 10.6 Å². The van der Waals surface area contributed by atoms with Crippen LogP contribution < -0.4 is 0 Å². The van der Waals surface area contributed by atoms with Crippen molar-refractivity contribution in [1.29, 1.82) is 0 Å². The van der Waals surface area contributed by atoms with Gasteiger partial charge in [-0.25, -0.2) is 13.1 Å². The Bertz CT molecular complexity index is 901. The van der Waals surface area contributed by atoms with Crippen molar-refractivity contribution in [1.82, 2.24) is 14.1 Å². The van der Waals surface area contributed by atoms with Crippen molar-refractivity contribution in [3.05, 3.63) is 47.3 Å². The van der Waals surface area contributed by atoms with Crippen LogP contribution >= 0.6 is 0 Å². The first-order valence-electron chi connectivity index (χ1n) is 8.94. The van der Waals surface area contributed by atoms with Crippen molar-refractivity contribution in [2.24, 2.45) is 0 Å². The first-order chi connectivity index (χ1) is 12.3. The minimum Gasteiger partial charge on any atom is -0.273 e. The summed E-state index contributed by atoms with van der Waals surface area (Å²) in [6.45, 7) is 6.05. The molecule has 26 heavy (non-hydrogen) atoms. The Labute approximate surface area is 154 Å². The molecule has 1 saturated heterocycles. The fourth-order valence-corrected chi connectivity index (χ4v) is 5.20. The summed E-state index contributed by atoms with van der Waals surface area (Å²) in [6.07, 6.45) is 2.58. The predicted octanol–water partition coefficient (Wildman–Crippen LogP) is 3.08. The van der Waals surface area contributed by atoms with E-state index in [-0.39, 0.29) is 23.3 Å². The van der Waals surface area contributed by atoms with E-state index in [9.17, 15) is 13.2 Å². The van der Waals surface area contributed by atoms with E-state index in [1.807, 2.05) is 26.8 Å². The van der Waals surface area contributed by atoms with Gasteiger partial charge in [-0.2, -0.15) is 9.40 Å². The van der Waals surface area contributed by atoms with Gasteiger partial charge in [0.1, 0.15) is 0 Å². The molecule has 7 heteroatoms. The molecule has 1 aromatic heterocycles. The molecule has 6 nitrogen and oxygen atoms in total. The number of aryl methyl sites for hydroxylation is 3. The summed E-state index contributed by atoms with van der Waals surface area (Å²) in [5.74, 6) is -0.161. The van der Waals surface area contributed by atoms with E-state index >= 15 is 0 Å². The molecule has 2 aromatic rings. The molecule has 0 bridgehead atoms. The summed E-state index contributed by atoms with van der Waals surface area (Å²) in [5.41, 5.74) is 2.57. The Balaban J connectivity index is 1.84. The summed E-state index contributed by atoms with van der Waals surface area (Å²) in [5, 5.41) is 4.23. The quantitative estimate of drug-likeness (QED) is 0.823. The number of carbonyl (C=O) groups is 1. The lowest BCUT2D eigenvalue weighted by atomic mass is 10.0. The van der Waals surface area contributed by atoms with E-state index in [1.165, 1.54) is 8.99 Å². The molecule has 0 unspecified atom stereocenters. The average molecular weight is 375 g/mol. The van der Waals surface area contributed by atoms with Crippen molar-refractivity contribution in [3.8, 4) is 0 Å². The number of carbonyl (C=O) groups excluding carboxylic acids is 1. The first-order valence-corrected chi connectivity index (χ1v) is 10.4. The summed E-state index contributed by atoms with van der Waals surface area (Å²) in [6, 6.07) is 8.39. The predicted molar refractivity (Wildman–Crippen MR) is 99.7 cm³/mol. The van der Waals surface area contributed by atoms with Gasteiger partial charge in [-0.3, -0.25) is 4.79 Å². The molecule has 0 aliphatic carbocycles. The van der Waals surface area contributed by atoms with E-state index in [1.54, 1.807) is 24.3 Å². The summed E-state index contributed by atoms with van der Waals surface area (Å²) in [7, 11) is -3.61. The maximum Gasteiger partial charge on any atom is 0.248 e. The second-order valence-electron chi connectivity index (χ2n) is 7.02. The molecule has 0 spiro atoms. The minimum atomic E-state index is -3.61. The standard InChI is InChI=1S/C19H25N3O3S/c1-14-7-9-18(10-8-14)26(24,25)21-11-5-4-6-17(21)13-19(23)22-16(3)12-15(2)20-22/h7-10,12,17H,4-6,11,13H2,1-3H3/t17-/m0/s1. The fourth-order valence-electron chi connectivity index (χ4n) is 3.51. The van der Waals surface area contributed by atoms with Crippen molar-refractivity contribution >= 4 is 15.9 Å². The van der Waals surface area contributed by atoms with Gasteiger partial charge in [0.15, 0.2) is 0 Å². The topological polar surface area (TPSA) is 72.3 Å². The second kappa shape index (κ2) is 7.32. The molecule has 1 aliphatic rings. The van der Waals surface area contributed by atoms with Crippen LogP contribution in [0.4, 0.5) is 0 Å². The third-order valence-electron chi connectivity index (χ3n) is 4.86. The molecule has 0 radical (unpaired) electrons. The van der Waals surface area contributed by atoms with Gasteiger partial charge in [-0.1, -0.05) is 24.1 Å². The van der Waals surface area contributed by atoms with Crippen LogP contribution in [0.5, 0.6) is 0 Å². The number of aromatic nitrogens is 2. The van der Waals surface area contributed by atoms with Gasteiger partial charge in [-0.05, 0) is 51.8 Å². The van der Waals surface area contributed by atoms with Crippen molar-refractivity contribution in [3.63, 3.8) is 0 Å². The van der Waals surface area contributed by atoms with Crippen LogP contribution in [-0.4, -0.2) is 41.0 Å². The molecule has 2 heterocycles. The van der Waals surface area contributed by atoms with Gasteiger partial charge in [0.25, 0.3) is 0 Å². The summed E-state index contributed by atoms with van der Waals surface area (Å²) in [4.78, 5) is 13.0. The molecule has 3 rings (SSSR count). The Morgan fingerprint density at radius 1 is 1.15 bits per heavy atom. The molecule has 0 amide bonds. The normalized spacial score (nSPS) is 18.8. The SMILES string of the molecule is Cc1ccc(S(=O)(=O)N2CCCC[C@H]2CC(=O)n2nc(C)cc2C)cc1. The zero-order chi connectivity index (χ0) is 18.9. The molecule has 1 fully saturated rings. The highest BCUT2D eigenvalue weighted by Gasteiger charge is 2.35. The Hall–Kier alpha value is -1.99. The van der Waals surface area contributed by atoms with E-state index in [0.717, 1.165) is 29.8 Å². The van der Waals surface area contributed by atoms with E-state index in [2.05, 4.69) is 5.10 Å². The molecule has 1 aromatic carbocycles. The Morgan fingerprint density at radius 2 is 1.85 bits per heavy atom. The van der Waals surface area contributed by atoms with E-state index in [0.29, 0.717) is 13.0 Å². The molecular weight excluding hydrogens is 350 g/mol. The van der Waals surface area contributed by atoms with Gasteiger partial charge in [0.2, 0.25) is 15.9 Å². The summed E-state index contributed by atoms with van der Waals surface area (Å²) >= 11 is 0. The Kier molecular flexibility index (Phi) is 5.29. The zero-order valence-corrected chi connectivity index (χ0v) is 16.3. The number of piperidine rings is 1. The van der Waals surface area contributed by atoms with E-state index < -0.39 is 10.0 Å². The van der Waals surface area contributed by atoms with Crippen LogP contribution in [0.15, 0.2) is 35.2 Å². The monoisotopic (exact) mass is 375 g/mol. The largest absolute Gasteiger partial charge is 0.273 e. The average Bonchev–Trinajstić information content (AvgIpc) is 2.94. The van der Waals surface area contributed by atoms with Crippen LogP contribution in [0.1, 0.15) is 47.4 Å². The number of hydrogen-bond donors (Lipinski definition) is 0. The van der Waals surface area contributed by atoms with Gasteiger partial charge in [-0.15, -0.1) is 0 Å². The first kappa shape index (κ1) is 18.8. The van der Waals surface area contributed by atoms with Crippen LogP contribution in [0, 0.1) is 20.8 Å². The van der Waals surface area contributed by atoms with Crippen LogP contribution in [0.25, 0.3) is 0 Å². The molecule has 140 valence electrons. The molecule has 1 atom stereocenters. The van der Waals surface area contributed by atoms with Gasteiger partial charge >= 0.3 is 0 Å². The number of rotatable bonds is 4. The number of nitrogens with zero attached hydrogens (tertiary/aromatic N) is 3. The van der Waals surface area contributed by atoms with Gasteiger partial charge in [0, 0.05) is 24.7 Å². The maximum absolute atomic E-state index is 13.1. The van der Waals surface area contributed by atoms with Crippen LogP contribution in [-0.2, 0) is 10.0 Å². The van der Waals surface area contributed by atoms with Crippen molar-refractivity contribution < 1.29 is 13.2 Å². The smallest absolute Gasteiger partial charge is 0.248 e. The third-order valence-corrected chi connectivity index (χ3v) is 6.82. The summed E-state index contributed by atoms with van der Waals surface area (Å²) < 4.78 is 29.1. The van der Waals surface area contributed by atoms with Crippen molar-refractivity contribution in [2.45, 2.75) is 57.4 Å². The molecule has 1 aliphatic heterocycles. The lowest BCUT2D eigenvalue weighted by molar-refractivity contribution is 0.0839. The van der Waals surface area contributed by atoms with Crippen LogP contribution in [0.2, 0.25) is 0 Å². The Morgan fingerprint density at radius 3 is 2.46 bits per heavy atom. The lowest BCUT2D eigenvalue weighted by Crippen LogP contribution is -2.45. The highest BCUT2D eigenvalue weighted by molar-refractivity contribution is 7.89. The lowest BCUT2D eigenvalue weighted by Gasteiger charge is -2.34. The highest BCUT2D eigenvalue weighted by atomic mass is 32.2. The number of sulfonamides is 1. The molecule has 0 saturated carbocycles. The van der Waals surface area contributed by atoms with E-state index in [4.69, 9.17) is 0 Å². The highest BCUT2D eigenvalue weighted by Crippen LogP contribution is 2.27. The van der Waals surface area contributed by atoms with Gasteiger partial charge < -0.3 is 0 Å². The maximum atomic E-state index is 13.1. The third kappa shape index (κ3) is 3.73.